The van der Waals surface area contributed by atoms with Gasteiger partial charge in [0.2, 0.25) is 5.75 Å². The third kappa shape index (κ3) is 5.56. The molecule has 0 saturated heterocycles. The van der Waals surface area contributed by atoms with Crippen molar-refractivity contribution in [3.63, 3.8) is 0 Å². The fourth-order valence-electron chi connectivity index (χ4n) is 2.63. The van der Waals surface area contributed by atoms with E-state index in [9.17, 15) is 5.11 Å². The zero-order chi connectivity index (χ0) is 19.6. The predicted molar refractivity (Wildman–Crippen MR) is 106 cm³/mol. The zero-order valence-electron chi connectivity index (χ0n) is 16.0. The van der Waals surface area contributed by atoms with Crippen LogP contribution in [0.2, 0.25) is 0 Å². The number of benzene rings is 2. The lowest BCUT2D eigenvalue weighted by molar-refractivity contribution is 0.117. The van der Waals surface area contributed by atoms with Crippen LogP contribution in [0, 0.1) is 0 Å². The smallest absolute Gasteiger partial charge is 0.203 e. The van der Waals surface area contributed by atoms with Gasteiger partial charge in [0.25, 0.3) is 0 Å². The normalized spacial score (nSPS) is 11.4. The van der Waals surface area contributed by atoms with Crippen LogP contribution in [0.15, 0.2) is 49.1 Å². The SMILES string of the molecule is C=CCc1ccccc1OCC(O)CNc1cc(OC)c(OC)c(OC)c1. The number of aliphatic hydroxyl groups excluding tert-OH is 1. The monoisotopic (exact) mass is 373 g/mol. The molecule has 0 fully saturated rings. The molecule has 0 aliphatic heterocycles. The fourth-order valence-corrected chi connectivity index (χ4v) is 2.63. The minimum absolute atomic E-state index is 0.172. The number of methoxy groups -OCH3 is 3. The maximum atomic E-state index is 10.3. The Bertz CT molecular complexity index is 722. The number of aliphatic hydroxyl groups is 1. The first-order chi connectivity index (χ1) is 13.1. The molecule has 0 aliphatic carbocycles. The van der Waals surface area contributed by atoms with E-state index >= 15 is 0 Å². The number of nitrogens with one attached hydrogen (secondary N) is 1. The second-order valence-electron chi connectivity index (χ2n) is 5.86. The van der Waals surface area contributed by atoms with E-state index in [1.54, 1.807) is 33.5 Å². The van der Waals surface area contributed by atoms with Gasteiger partial charge in [0, 0.05) is 24.4 Å². The van der Waals surface area contributed by atoms with Crippen molar-refractivity contribution in [2.45, 2.75) is 12.5 Å². The summed E-state index contributed by atoms with van der Waals surface area (Å²) < 4.78 is 21.7. The summed E-state index contributed by atoms with van der Waals surface area (Å²) >= 11 is 0. The van der Waals surface area contributed by atoms with Crippen molar-refractivity contribution in [1.82, 2.24) is 0 Å². The fraction of sp³-hybridized carbons (Fsp3) is 0.333. The Hall–Kier alpha value is -2.86. The number of rotatable bonds is 11. The molecule has 0 aliphatic rings. The van der Waals surface area contributed by atoms with Gasteiger partial charge in [-0.1, -0.05) is 24.3 Å². The third-order valence-electron chi connectivity index (χ3n) is 3.97. The average Bonchev–Trinajstić information content (AvgIpc) is 2.70. The molecule has 0 saturated carbocycles. The van der Waals surface area contributed by atoms with Crippen molar-refractivity contribution in [2.24, 2.45) is 0 Å². The molecule has 0 aromatic heterocycles. The molecule has 1 unspecified atom stereocenters. The van der Waals surface area contributed by atoms with Crippen molar-refractivity contribution >= 4 is 5.69 Å². The Labute approximate surface area is 160 Å². The van der Waals surface area contributed by atoms with Crippen LogP contribution in [-0.4, -0.2) is 45.7 Å². The van der Waals surface area contributed by atoms with Gasteiger partial charge in [0.05, 0.1) is 21.3 Å². The summed E-state index contributed by atoms with van der Waals surface area (Å²) in [7, 11) is 4.67. The van der Waals surface area contributed by atoms with Gasteiger partial charge in [-0.15, -0.1) is 6.58 Å². The molecular formula is C21H27NO5. The molecule has 1 atom stereocenters. The second-order valence-corrected chi connectivity index (χ2v) is 5.86. The lowest BCUT2D eigenvalue weighted by Gasteiger charge is -2.18. The highest BCUT2D eigenvalue weighted by atomic mass is 16.5. The molecule has 2 N–H and O–H groups in total. The van der Waals surface area contributed by atoms with Crippen molar-refractivity contribution in [1.29, 1.82) is 0 Å². The predicted octanol–water partition coefficient (Wildman–Crippen LogP) is 3.29. The van der Waals surface area contributed by atoms with E-state index in [1.165, 1.54) is 0 Å². The summed E-state index contributed by atoms with van der Waals surface area (Å²) in [5, 5.41) is 13.4. The van der Waals surface area contributed by atoms with Crippen molar-refractivity contribution in [2.75, 3.05) is 39.8 Å². The number of anilines is 1. The molecule has 2 rings (SSSR count). The van der Waals surface area contributed by atoms with Crippen molar-refractivity contribution in [3.05, 3.63) is 54.6 Å². The number of para-hydroxylation sites is 1. The van der Waals surface area contributed by atoms with Gasteiger partial charge < -0.3 is 29.4 Å². The van der Waals surface area contributed by atoms with Crippen LogP contribution in [0.25, 0.3) is 0 Å². The lowest BCUT2D eigenvalue weighted by Crippen LogP contribution is -2.26. The van der Waals surface area contributed by atoms with Gasteiger partial charge in [-0.25, -0.2) is 0 Å². The summed E-state index contributed by atoms with van der Waals surface area (Å²) in [5.41, 5.74) is 1.79. The van der Waals surface area contributed by atoms with Crippen LogP contribution < -0.4 is 24.3 Å². The molecule has 0 heterocycles. The molecule has 0 spiro atoms. The van der Waals surface area contributed by atoms with Gasteiger partial charge >= 0.3 is 0 Å². The highest BCUT2D eigenvalue weighted by molar-refractivity contribution is 5.62. The zero-order valence-corrected chi connectivity index (χ0v) is 16.0. The van der Waals surface area contributed by atoms with Crippen molar-refractivity contribution in [3.8, 4) is 23.0 Å². The maximum Gasteiger partial charge on any atom is 0.203 e. The molecule has 27 heavy (non-hydrogen) atoms. The van der Waals surface area contributed by atoms with E-state index in [0.717, 1.165) is 23.4 Å². The van der Waals surface area contributed by atoms with Crippen LogP contribution in [0.4, 0.5) is 5.69 Å². The first kappa shape index (κ1) is 20.5. The molecule has 2 aromatic rings. The standard InChI is InChI=1S/C21H27NO5/c1-5-8-15-9-6-7-10-18(15)27-14-17(23)13-22-16-11-19(24-2)21(26-4)20(12-16)25-3/h5-7,9-12,17,22-23H,1,8,13-14H2,2-4H3. The van der Waals surface area contributed by atoms with Crippen LogP contribution >= 0.6 is 0 Å². The largest absolute Gasteiger partial charge is 0.493 e. The Kier molecular flexibility index (Phi) is 7.82. The highest BCUT2D eigenvalue weighted by Gasteiger charge is 2.14. The molecule has 6 nitrogen and oxygen atoms in total. The molecule has 146 valence electrons. The van der Waals surface area contributed by atoms with Gasteiger partial charge in [-0.05, 0) is 18.1 Å². The molecule has 2 aromatic carbocycles. The molecule has 0 bridgehead atoms. The quantitative estimate of drug-likeness (QED) is 0.589. The first-order valence-electron chi connectivity index (χ1n) is 8.66. The Morgan fingerprint density at radius 3 is 2.30 bits per heavy atom. The van der Waals surface area contributed by atoms with E-state index in [1.807, 2.05) is 30.3 Å². The van der Waals surface area contributed by atoms with Gasteiger partial charge in [0.1, 0.15) is 18.5 Å². The van der Waals surface area contributed by atoms with E-state index in [2.05, 4.69) is 11.9 Å². The summed E-state index contributed by atoms with van der Waals surface area (Å²) in [6, 6.07) is 11.3. The minimum atomic E-state index is -0.694. The van der Waals surface area contributed by atoms with E-state index < -0.39 is 6.10 Å². The van der Waals surface area contributed by atoms with Crippen LogP contribution in [-0.2, 0) is 6.42 Å². The molecular weight excluding hydrogens is 346 g/mol. The van der Waals surface area contributed by atoms with Gasteiger partial charge in [0.15, 0.2) is 11.5 Å². The summed E-state index contributed by atoms with van der Waals surface area (Å²) in [6.07, 6.45) is 1.85. The Balaban J connectivity index is 1.96. The summed E-state index contributed by atoms with van der Waals surface area (Å²) in [5.74, 6) is 2.37. The van der Waals surface area contributed by atoms with E-state index in [-0.39, 0.29) is 6.61 Å². The Morgan fingerprint density at radius 2 is 1.70 bits per heavy atom. The van der Waals surface area contributed by atoms with Gasteiger partial charge in [-0.3, -0.25) is 0 Å². The third-order valence-corrected chi connectivity index (χ3v) is 3.97. The number of ether oxygens (including phenoxy) is 4. The number of hydrogen-bond acceptors (Lipinski definition) is 6. The van der Waals surface area contributed by atoms with E-state index in [0.29, 0.717) is 23.8 Å². The van der Waals surface area contributed by atoms with Crippen molar-refractivity contribution < 1.29 is 24.1 Å². The first-order valence-corrected chi connectivity index (χ1v) is 8.66. The molecule has 0 radical (unpaired) electrons. The maximum absolute atomic E-state index is 10.3. The summed E-state index contributed by atoms with van der Waals surface area (Å²) in [4.78, 5) is 0. The van der Waals surface area contributed by atoms with Crippen LogP contribution in [0.1, 0.15) is 5.56 Å². The Morgan fingerprint density at radius 1 is 1.04 bits per heavy atom. The number of hydrogen-bond donors (Lipinski definition) is 2. The van der Waals surface area contributed by atoms with E-state index in [4.69, 9.17) is 18.9 Å². The average molecular weight is 373 g/mol. The van der Waals surface area contributed by atoms with Gasteiger partial charge in [-0.2, -0.15) is 0 Å². The van der Waals surface area contributed by atoms with Crippen LogP contribution in [0.3, 0.4) is 0 Å². The highest BCUT2D eigenvalue weighted by Crippen LogP contribution is 2.39. The van der Waals surface area contributed by atoms with Crippen LogP contribution in [0.5, 0.6) is 23.0 Å². The second kappa shape index (κ2) is 10.3. The topological polar surface area (TPSA) is 69.2 Å². The minimum Gasteiger partial charge on any atom is -0.493 e. The molecule has 6 heteroatoms. The lowest BCUT2D eigenvalue weighted by atomic mass is 10.1. The number of allylic oxidation sites excluding steroid dienone is 1. The summed E-state index contributed by atoms with van der Waals surface area (Å²) in [6.45, 7) is 4.23. The molecule has 0 amide bonds.